The Balaban J connectivity index is 1.82. The molecule has 2 nitrogen and oxygen atoms in total. The SMILES string of the molecule is O=C(O)C(CCc1ccccc1)c1ccc(-c2ccccc2)c(Br)c1. The third-order valence-corrected chi connectivity index (χ3v) is 5.00. The topological polar surface area (TPSA) is 37.3 Å². The number of carboxylic acid groups (broad SMARTS) is 1. The lowest BCUT2D eigenvalue weighted by atomic mass is 9.91. The maximum Gasteiger partial charge on any atom is 0.310 e. The number of halogens is 1. The van der Waals surface area contributed by atoms with E-state index in [2.05, 4.69) is 15.9 Å². The summed E-state index contributed by atoms with van der Waals surface area (Å²) >= 11 is 3.60. The minimum atomic E-state index is -0.782. The van der Waals surface area contributed by atoms with Gasteiger partial charge < -0.3 is 5.11 Å². The van der Waals surface area contributed by atoms with Gasteiger partial charge in [0.25, 0.3) is 0 Å². The zero-order chi connectivity index (χ0) is 17.6. The van der Waals surface area contributed by atoms with Gasteiger partial charge in [0.15, 0.2) is 0 Å². The molecule has 0 heterocycles. The summed E-state index contributed by atoms with van der Waals surface area (Å²) in [6.07, 6.45) is 1.33. The van der Waals surface area contributed by atoms with Gasteiger partial charge in [0.1, 0.15) is 0 Å². The number of hydrogen-bond donors (Lipinski definition) is 1. The number of benzene rings is 3. The molecule has 0 saturated carbocycles. The van der Waals surface area contributed by atoms with E-state index in [1.165, 1.54) is 0 Å². The standard InChI is InChI=1S/C22H19BrO2/c23-21-15-18(12-14-19(21)17-9-5-2-6-10-17)20(22(24)25)13-11-16-7-3-1-4-8-16/h1-10,12,14-15,20H,11,13H2,(H,24,25). The van der Waals surface area contributed by atoms with Crippen LogP contribution in [0.2, 0.25) is 0 Å². The van der Waals surface area contributed by atoms with E-state index in [-0.39, 0.29) is 0 Å². The highest BCUT2D eigenvalue weighted by Crippen LogP contribution is 2.32. The van der Waals surface area contributed by atoms with E-state index in [0.29, 0.717) is 6.42 Å². The minimum Gasteiger partial charge on any atom is -0.481 e. The Morgan fingerprint density at radius 3 is 2.16 bits per heavy atom. The maximum atomic E-state index is 11.8. The number of rotatable bonds is 6. The van der Waals surface area contributed by atoms with Gasteiger partial charge in [-0.15, -0.1) is 0 Å². The predicted molar refractivity (Wildman–Crippen MR) is 105 cm³/mol. The van der Waals surface area contributed by atoms with Gasteiger partial charge in [-0.3, -0.25) is 4.79 Å². The predicted octanol–water partition coefficient (Wildman–Crippen LogP) is 5.92. The van der Waals surface area contributed by atoms with E-state index in [1.807, 2.05) is 78.9 Å². The van der Waals surface area contributed by atoms with Crippen LogP contribution in [0, 0.1) is 0 Å². The Labute approximate surface area is 156 Å². The second-order valence-electron chi connectivity index (χ2n) is 6.02. The van der Waals surface area contributed by atoms with Gasteiger partial charge in [-0.05, 0) is 41.2 Å². The third-order valence-electron chi connectivity index (χ3n) is 4.34. The Morgan fingerprint density at radius 1 is 0.920 bits per heavy atom. The van der Waals surface area contributed by atoms with E-state index in [1.54, 1.807) is 0 Å². The third kappa shape index (κ3) is 4.37. The maximum absolute atomic E-state index is 11.8. The lowest BCUT2D eigenvalue weighted by molar-refractivity contribution is -0.138. The van der Waals surface area contributed by atoms with Crippen molar-refractivity contribution in [2.45, 2.75) is 18.8 Å². The molecular weight excluding hydrogens is 376 g/mol. The number of hydrogen-bond acceptors (Lipinski definition) is 1. The van der Waals surface area contributed by atoms with Crippen LogP contribution in [0.15, 0.2) is 83.3 Å². The summed E-state index contributed by atoms with van der Waals surface area (Å²) in [5, 5.41) is 9.67. The van der Waals surface area contributed by atoms with Crippen molar-refractivity contribution in [3.05, 3.63) is 94.5 Å². The number of carboxylic acids is 1. The van der Waals surface area contributed by atoms with Crippen LogP contribution in [-0.4, -0.2) is 11.1 Å². The smallest absolute Gasteiger partial charge is 0.310 e. The van der Waals surface area contributed by atoms with Crippen LogP contribution in [0.25, 0.3) is 11.1 Å². The van der Waals surface area contributed by atoms with Crippen molar-refractivity contribution < 1.29 is 9.90 Å². The molecule has 1 unspecified atom stereocenters. The van der Waals surface area contributed by atoms with Crippen molar-refractivity contribution in [1.29, 1.82) is 0 Å². The minimum absolute atomic E-state index is 0.513. The van der Waals surface area contributed by atoms with Gasteiger partial charge in [-0.25, -0.2) is 0 Å². The van der Waals surface area contributed by atoms with E-state index in [0.717, 1.165) is 33.1 Å². The van der Waals surface area contributed by atoms with Crippen molar-refractivity contribution in [3.63, 3.8) is 0 Å². The van der Waals surface area contributed by atoms with Gasteiger partial charge in [-0.2, -0.15) is 0 Å². The summed E-state index contributed by atoms with van der Waals surface area (Å²) < 4.78 is 0.919. The molecule has 0 amide bonds. The summed E-state index contributed by atoms with van der Waals surface area (Å²) in [7, 11) is 0. The molecule has 0 spiro atoms. The van der Waals surface area contributed by atoms with E-state index in [4.69, 9.17) is 0 Å². The molecule has 3 rings (SSSR count). The monoisotopic (exact) mass is 394 g/mol. The molecule has 0 saturated heterocycles. The molecule has 0 aliphatic carbocycles. The highest BCUT2D eigenvalue weighted by molar-refractivity contribution is 9.10. The summed E-state index contributed by atoms with van der Waals surface area (Å²) in [6, 6.07) is 25.9. The molecule has 0 aromatic heterocycles. The first kappa shape index (κ1) is 17.4. The first-order valence-corrected chi connectivity index (χ1v) is 9.06. The molecule has 0 aliphatic rings. The fourth-order valence-corrected chi connectivity index (χ4v) is 3.61. The lowest BCUT2D eigenvalue weighted by Gasteiger charge is -2.15. The Hall–Kier alpha value is -2.39. The molecule has 1 N–H and O–H groups in total. The summed E-state index contributed by atoms with van der Waals surface area (Å²) in [5.41, 5.74) is 4.16. The van der Waals surface area contributed by atoms with Crippen LogP contribution in [0.4, 0.5) is 0 Å². The molecule has 0 aliphatic heterocycles. The quantitative estimate of drug-likeness (QED) is 0.563. The van der Waals surface area contributed by atoms with Crippen molar-refractivity contribution in [3.8, 4) is 11.1 Å². The van der Waals surface area contributed by atoms with Crippen LogP contribution in [0.1, 0.15) is 23.5 Å². The highest BCUT2D eigenvalue weighted by atomic mass is 79.9. The van der Waals surface area contributed by atoms with E-state index in [9.17, 15) is 9.90 Å². The Bertz CT molecular complexity index is 844. The molecule has 25 heavy (non-hydrogen) atoms. The normalized spacial score (nSPS) is 11.9. The van der Waals surface area contributed by atoms with Gasteiger partial charge in [-0.1, -0.05) is 88.7 Å². The molecule has 0 radical (unpaired) electrons. The molecule has 1 atom stereocenters. The average Bonchev–Trinajstić information content (AvgIpc) is 2.63. The lowest BCUT2D eigenvalue weighted by Crippen LogP contribution is -2.12. The van der Waals surface area contributed by atoms with Crippen molar-refractivity contribution >= 4 is 21.9 Å². The van der Waals surface area contributed by atoms with Gasteiger partial charge in [0, 0.05) is 4.47 Å². The number of aliphatic carboxylic acids is 1. The van der Waals surface area contributed by atoms with Gasteiger partial charge >= 0.3 is 5.97 Å². The molecular formula is C22H19BrO2. The highest BCUT2D eigenvalue weighted by Gasteiger charge is 2.20. The molecule has 3 aromatic rings. The van der Waals surface area contributed by atoms with Gasteiger partial charge in [0.2, 0.25) is 0 Å². The summed E-state index contributed by atoms with van der Waals surface area (Å²) in [6.45, 7) is 0. The second-order valence-corrected chi connectivity index (χ2v) is 6.87. The first-order chi connectivity index (χ1) is 12.1. The van der Waals surface area contributed by atoms with Crippen LogP contribution in [0.5, 0.6) is 0 Å². The molecule has 0 fully saturated rings. The van der Waals surface area contributed by atoms with Crippen molar-refractivity contribution in [1.82, 2.24) is 0 Å². The Morgan fingerprint density at radius 2 is 1.56 bits per heavy atom. The molecule has 3 heteroatoms. The number of carbonyl (C=O) groups is 1. The summed E-state index contributed by atoms with van der Waals surface area (Å²) in [5.74, 6) is -1.29. The second kappa shape index (κ2) is 8.13. The van der Waals surface area contributed by atoms with Crippen molar-refractivity contribution in [2.24, 2.45) is 0 Å². The van der Waals surface area contributed by atoms with Crippen LogP contribution in [-0.2, 0) is 11.2 Å². The van der Waals surface area contributed by atoms with Crippen LogP contribution >= 0.6 is 15.9 Å². The van der Waals surface area contributed by atoms with Crippen LogP contribution < -0.4 is 0 Å². The van der Waals surface area contributed by atoms with Crippen molar-refractivity contribution in [2.75, 3.05) is 0 Å². The fourth-order valence-electron chi connectivity index (χ4n) is 2.99. The van der Waals surface area contributed by atoms with E-state index < -0.39 is 11.9 Å². The summed E-state index contributed by atoms with van der Waals surface area (Å²) in [4.78, 5) is 11.8. The fraction of sp³-hybridized carbons (Fsp3) is 0.136. The zero-order valence-electron chi connectivity index (χ0n) is 13.7. The number of aryl methyl sites for hydroxylation is 1. The van der Waals surface area contributed by atoms with E-state index >= 15 is 0 Å². The van der Waals surface area contributed by atoms with Gasteiger partial charge in [0.05, 0.1) is 5.92 Å². The average molecular weight is 395 g/mol. The molecule has 0 bridgehead atoms. The van der Waals surface area contributed by atoms with Crippen LogP contribution in [0.3, 0.4) is 0 Å². The zero-order valence-corrected chi connectivity index (χ0v) is 15.3. The molecule has 126 valence electrons. The molecule has 3 aromatic carbocycles. The first-order valence-electron chi connectivity index (χ1n) is 8.27. The Kier molecular flexibility index (Phi) is 5.67. The largest absolute Gasteiger partial charge is 0.481 e.